The molecule has 1 unspecified atom stereocenters. The Hall–Kier alpha value is -3.49. The Morgan fingerprint density at radius 1 is 1.16 bits per heavy atom. The molecule has 0 spiro atoms. The summed E-state index contributed by atoms with van der Waals surface area (Å²) in [5, 5.41) is 5.54. The van der Waals surface area contributed by atoms with E-state index in [1.54, 1.807) is 57.2 Å². The summed E-state index contributed by atoms with van der Waals surface area (Å²) >= 11 is 0. The van der Waals surface area contributed by atoms with Crippen molar-refractivity contribution in [3.63, 3.8) is 0 Å². The lowest BCUT2D eigenvalue weighted by molar-refractivity contribution is -0.121. The number of carbonyl (C=O) groups is 3. The normalized spacial score (nSPS) is 17.3. The van der Waals surface area contributed by atoms with Crippen LogP contribution in [0.4, 0.5) is 13.6 Å². The average Bonchev–Trinajstić information content (AvgIpc) is 3.20. The van der Waals surface area contributed by atoms with Crippen LogP contribution in [0.15, 0.2) is 42.5 Å². The van der Waals surface area contributed by atoms with E-state index in [-0.39, 0.29) is 37.4 Å². The van der Waals surface area contributed by atoms with Gasteiger partial charge < -0.3 is 20.3 Å². The average molecular weight is 516 g/mol. The maximum Gasteiger partial charge on any atom is 0.410 e. The van der Waals surface area contributed by atoms with Crippen LogP contribution in [0.1, 0.15) is 57.6 Å². The molecule has 3 rings (SSSR count). The second kappa shape index (κ2) is 12.2. The molecule has 0 aliphatic carbocycles. The Kier molecular flexibility index (Phi) is 9.23. The second-order valence-electron chi connectivity index (χ2n) is 10.3. The van der Waals surface area contributed by atoms with E-state index in [1.165, 1.54) is 17.9 Å². The highest BCUT2D eigenvalue weighted by atomic mass is 19.1. The summed E-state index contributed by atoms with van der Waals surface area (Å²) in [6.45, 7) is 7.01. The van der Waals surface area contributed by atoms with Gasteiger partial charge in [0, 0.05) is 38.2 Å². The van der Waals surface area contributed by atoms with E-state index >= 15 is 4.39 Å². The zero-order chi connectivity index (χ0) is 27.2. The first-order valence-corrected chi connectivity index (χ1v) is 12.4. The molecule has 7 nitrogen and oxygen atoms in total. The third kappa shape index (κ3) is 8.00. The second-order valence-corrected chi connectivity index (χ2v) is 10.3. The lowest BCUT2D eigenvalue weighted by Crippen LogP contribution is -2.37. The van der Waals surface area contributed by atoms with E-state index in [9.17, 15) is 18.8 Å². The van der Waals surface area contributed by atoms with E-state index in [0.717, 1.165) is 5.56 Å². The number of ether oxygens (including phenoxy) is 1. The molecule has 2 aromatic carbocycles. The minimum Gasteiger partial charge on any atom is -0.444 e. The maximum atomic E-state index is 15.1. The number of halogens is 2. The van der Waals surface area contributed by atoms with Gasteiger partial charge in [-0.3, -0.25) is 14.0 Å². The molecular weight excluding hydrogens is 480 g/mol. The van der Waals surface area contributed by atoms with Crippen LogP contribution in [0.2, 0.25) is 0 Å². The molecular formula is C28H35F2N3O4. The quantitative estimate of drug-likeness (QED) is 0.507. The highest BCUT2D eigenvalue weighted by molar-refractivity contribution is 5.86. The number of hydrogen-bond donors (Lipinski definition) is 2. The van der Waals surface area contributed by atoms with E-state index in [4.69, 9.17) is 4.74 Å². The van der Waals surface area contributed by atoms with E-state index < -0.39 is 30.1 Å². The van der Waals surface area contributed by atoms with Crippen LogP contribution < -0.4 is 10.6 Å². The minimum absolute atomic E-state index is 0.170. The highest BCUT2D eigenvalue weighted by Crippen LogP contribution is 2.31. The van der Waals surface area contributed by atoms with Gasteiger partial charge in [0.2, 0.25) is 11.8 Å². The summed E-state index contributed by atoms with van der Waals surface area (Å²) in [6, 6.07) is 11.7. The molecule has 200 valence electrons. The molecule has 2 atom stereocenters. The van der Waals surface area contributed by atoms with Crippen LogP contribution in [-0.4, -0.2) is 54.2 Å². The van der Waals surface area contributed by atoms with Crippen LogP contribution in [0.25, 0.3) is 11.1 Å². The SMILES string of the molecule is CC(=O)NC[C@@H]1CC(c2ccc(-c3ccc(CN(CCCF)C(=O)OC(C)(C)C)cc3)c(F)c2)C(=O)N1. The van der Waals surface area contributed by atoms with Gasteiger partial charge in [-0.05, 0) is 56.4 Å². The predicted octanol–water partition coefficient (Wildman–Crippen LogP) is 4.70. The molecule has 37 heavy (non-hydrogen) atoms. The van der Waals surface area contributed by atoms with Crippen molar-refractivity contribution in [3.05, 3.63) is 59.4 Å². The Labute approximate surface area is 216 Å². The number of hydrogen-bond acceptors (Lipinski definition) is 4. The Morgan fingerprint density at radius 2 is 1.86 bits per heavy atom. The summed E-state index contributed by atoms with van der Waals surface area (Å²) in [7, 11) is 0. The van der Waals surface area contributed by atoms with Gasteiger partial charge in [-0.1, -0.05) is 36.4 Å². The predicted molar refractivity (Wildman–Crippen MR) is 137 cm³/mol. The van der Waals surface area contributed by atoms with Gasteiger partial charge >= 0.3 is 6.09 Å². The minimum atomic E-state index is -0.663. The van der Waals surface area contributed by atoms with E-state index in [1.807, 2.05) is 0 Å². The van der Waals surface area contributed by atoms with Crippen molar-refractivity contribution in [2.45, 2.75) is 64.6 Å². The number of amides is 3. The summed E-state index contributed by atoms with van der Waals surface area (Å²) in [6.07, 6.45) is 0.173. The fourth-order valence-corrected chi connectivity index (χ4v) is 4.25. The molecule has 0 aromatic heterocycles. The summed E-state index contributed by atoms with van der Waals surface area (Å²) < 4.78 is 33.3. The molecule has 3 amide bonds. The summed E-state index contributed by atoms with van der Waals surface area (Å²) in [5.74, 6) is -1.28. The fourth-order valence-electron chi connectivity index (χ4n) is 4.25. The van der Waals surface area contributed by atoms with Crippen molar-refractivity contribution in [2.24, 2.45) is 0 Å². The lowest BCUT2D eigenvalue weighted by Gasteiger charge is -2.27. The van der Waals surface area contributed by atoms with E-state index in [2.05, 4.69) is 10.6 Å². The first-order chi connectivity index (χ1) is 17.5. The first-order valence-electron chi connectivity index (χ1n) is 12.4. The summed E-state index contributed by atoms with van der Waals surface area (Å²) in [5.41, 5.74) is 1.77. The largest absolute Gasteiger partial charge is 0.444 e. The zero-order valence-corrected chi connectivity index (χ0v) is 21.8. The van der Waals surface area contributed by atoms with Crippen LogP contribution in [-0.2, 0) is 20.9 Å². The molecule has 0 saturated carbocycles. The van der Waals surface area contributed by atoms with Crippen LogP contribution in [0.5, 0.6) is 0 Å². The van der Waals surface area contributed by atoms with Crippen molar-refractivity contribution in [1.82, 2.24) is 15.5 Å². The molecule has 0 radical (unpaired) electrons. The Morgan fingerprint density at radius 3 is 2.46 bits per heavy atom. The highest BCUT2D eigenvalue weighted by Gasteiger charge is 2.33. The maximum absolute atomic E-state index is 15.1. The number of rotatable bonds is 9. The number of benzene rings is 2. The molecule has 1 heterocycles. The van der Waals surface area contributed by atoms with Crippen molar-refractivity contribution < 1.29 is 27.9 Å². The lowest BCUT2D eigenvalue weighted by atomic mass is 9.93. The third-order valence-corrected chi connectivity index (χ3v) is 6.03. The molecule has 2 aromatic rings. The zero-order valence-electron chi connectivity index (χ0n) is 21.8. The number of carbonyl (C=O) groups excluding carboxylic acids is 3. The van der Waals surface area contributed by atoms with E-state index in [0.29, 0.717) is 29.7 Å². The molecule has 2 N–H and O–H groups in total. The van der Waals surface area contributed by atoms with Crippen LogP contribution in [0.3, 0.4) is 0 Å². The molecule has 1 fully saturated rings. The molecule has 1 aliphatic rings. The monoisotopic (exact) mass is 515 g/mol. The van der Waals surface area contributed by atoms with Gasteiger partial charge in [0.05, 0.1) is 12.6 Å². The first kappa shape index (κ1) is 28.1. The number of nitrogens with one attached hydrogen (secondary N) is 2. The molecule has 0 bridgehead atoms. The molecule has 1 saturated heterocycles. The third-order valence-electron chi connectivity index (χ3n) is 6.03. The number of alkyl halides is 1. The van der Waals surface area contributed by atoms with Gasteiger partial charge in [-0.25, -0.2) is 9.18 Å². The van der Waals surface area contributed by atoms with Gasteiger partial charge in [0.25, 0.3) is 0 Å². The van der Waals surface area contributed by atoms with Gasteiger partial charge in [0.15, 0.2) is 0 Å². The smallest absolute Gasteiger partial charge is 0.410 e. The number of nitrogens with zero attached hydrogens (tertiary/aromatic N) is 1. The fraction of sp³-hybridized carbons (Fsp3) is 0.464. The van der Waals surface area contributed by atoms with Crippen molar-refractivity contribution in [2.75, 3.05) is 19.8 Å². The Balaban J connectivity index is 1.69. The van der Waals surface area contributed by atoms with Crippen molar-refractivity contribution in [3.8, 4) is 11.1 Å². The summed E-state index contributed by atoms with van der Waals surface area (Å²) in [4.78, 5) is 37.5. The van der Waals surface area contributed by atoms with Crippen LogP contribution >= 0.6 is 0 Å². The molecule has 9 heteroatoms. The van der Waals surface area contributed by atoms with Gasteiger partial charge in [-0.2, -0.15) is 0 Å². The van der Waals surface area contributed by atoms with Crippen LogP contribution in [0, 0.1) is 5.82 Å². The standard InChI is InChI=1S/C28H35F2N3O4/c1-18(34)31-16-22-15-24(26(35)32-22)21-10-11-23(25(30)14-21)20-8-6-19(7-9-20)17-33(13-5-12-29)27(36)37-28(2,3)4/h6-11,14,22,24H,5,12-13,15-17H2,1-4H3,(H,31,34)(H,32,35)/t22-,24?/m0/s1. The topological polar surface area (TPSA) is 87.7 Å². The Bertz CT molecular complexity index is 1120. The van der Waals surface area contributed by atoms with Gasteiger partial charge in [-0.15, -0.1) is 0 Å². The van der Waals surface area contributed by atoms with Crippen molar-refractivity contribution >= 4 is 17.9 Å². The molecule has 1 aliphatic heterocycles. The van der Waals surface area contributed by atoms with Gasteiger partial charge in [0.1, 0.15) is 11.4 Å². The van der Waals surface area contributed by atoms with Crippen molar-refractivity contribution in [1.29, 1.82) is 0 Å².